The van der Waals surface area contributed by atoms with Crippen molar-refractivity contribution in [1.82, 2.24) is 5.32 Å². The van der Waals surface area contributed by atoms with Crippen LogP contribution in [0.3, 0.4) is 0 Å². The molecule has 16 heavy (non-hydrogen) atoms. The van der Waals surface area contributed by atoms with Crippen LogP contribution in [0.25, 0.3) is 0 Å². The van der Waals surface area contributed by atoms with E-state index in [1.165, 1.54) is 0 Å². The van der Waals surface area contributed by atoms with Gasteiger partial charge >= 0.3 is 5.97 Å². The van der Waals surface area contributed by atoms with E-state index in [2.05, 4.69) is 11.9 Å². The summed E-state index contributed by atoms with van der Waals surface area (Å²) in [4.78, 5) is 11.7. The highest BCUT2D eigenvalue weighted by Crippen LogP contribution is 2.16. The summed E-state index contributed by atoms with van der Waals surface area (Å²) in [6.45, 7) is 10.2. The Balaban J connectivity index is 4.41. The Hall–Kier alpha value is -0.870. The molecule has 4 nitrogen and oxygen atoms in total. The highest BCUT2D eigenvalue weighted by molar-refractivity contribution is 5.75. The fourth-order valence-corrected chi connectivity index (χ4v) is 1.28. The van der Waals surface area contributed by atoms with Crippen LogP contribution < -0.4 is 5.32 Å². The number of carbonyl (C=O) groups is 1. The van der Waals surface area contributed by atoms with Gasteiger partial charge in [-0.3, -0.25) is 4.79 Å². The molecule has 0 rings (SSSR count). The van der Waals surface area contributed by atoms with Gasteiger partial charge in [0.15, 0.2) is 0 Å². The molecule has 4 heteroatoms. The van der Waals surface area contributed by atoms with Crippen LogP contribution in [-0.2, 0) is 14.3 Å². The molecule has 0 aliphatic heterocycles. The van der Waals surface area contributed by atoms with Crippen molar-refractivity contribution in [3.05, 3.63) is 12.7 Å². The molecule has 0 spiro atoms. The third kappa shape index (κ3) is 5.88. The van der Waals surface area contributed by atoms with Crippen molar-refractivity contribution < 1.29 is 14.3 Å². The highest BCUT2D eigenvalue weighted by atomic mass is 16.5. The Bertz CT molecular complexity index is 226. The van der Waals surface area contributed by atoms with E-state index in [0.29, 0.717) is 19.6 Å². The number of methoxy groups -OCH3 is 1. The zero-order chi connectivity index (χ0) is 12.6. The van der Waals surface area contributed by atoms with E-state index in [1.807, 2.05) is 13.8 Å². The molecule has 1 N–H and O–H groups in total. The van der Waals surface area contributed by atoms with E-state index < -0.39 is 0 Å². The molecule has 1 unspecified atom stereocenters. The Morgan fingerprint density at radius 1 is 1.56 bits per heavy atom. The molecule has 0 heterocycles. The third-order valence-corrected chi connectivity index (χ3v) is 2.33. The second-order valence-electron chi connectivity index (χ2n) is 4.17. The maximum atomic E-state index is 11.7. The summed E-state index contributed by atoms with van der Waals surface area (Å²) in [5, 5.41) is 3.07. The largest absolute Gasteiger partial charge is 0.465 e. The molecule has 0 aromatic carbocycles. The number of ether oxygens (including phenoxy) is 2. The first-order valence-electron chi connectivity index (χ1n) is 5.53. The van der Waals surface area contributed by atoms with Crippen LogP contribution in [0.4, 0.5) is 0 Å². The van der Waals surface area contributed by atoms with E-state index in [-0.39, 0.29) is 17.6 Å². The third-order valence-electron chi connectivity index (χ3n) is 2.33. The van der Waals surface area contributed by atoms with Gasteiger partial charge in [-0.05, 0) is 20.8 Å². The predicted molar refractivity (Wildman–Crippen MR) is 64.3 cm³/mol. The van der Waals surface area contributed by atoms with Gasteiger partial charge in [-0.25, -0.2) is 0 Å². The fraction of sp³-hybridized carbons (Fsp3) is 0.750. The average molecular weight is 229 g/mol. The van der Waals surface area contributed by atoms with Crippen molar-refractivity contribution in [2.75, 3.05) is 20.3 Å². The summed E-state index contributed by atoms with van der Waals surface area (Å²) < 4.78 is 10.3. The van der Waals surface area contributed by atoms with E-state index in [4.69, 9.17) is 9.47 Å². The lowest BCUT2D eigenvalue weighted by Crippen LogP contribution is -2.43. The van der Waals surface area contributed by atoms with Crippen LogP contribution in [0.15, 0.2) is 12.7 Å². The minimum Gasteiger partial charge on any atom is -0.465 e. The quantitative estimate of drug-likeness (QED) is 0.506. The molecule has 0 aromatic rings. The van der Waals surface area contributed by atoms with Gasteiger partial charge in [0.1, 0.15) is 6.04 Å². The summed E-state index contributed by atoms with van der Waals surface area (Å²) in [6.07, 6.45) is 2.28. The number of esters is 1. The second-order valence-corrected chi connectivity index (χ2v) is 4.17. The molecule has 0 fully saturated rings. The normalized spacial score (nSPS) is 13.2. The molecule has 0 radical (unpaired) electrons. The zero-order valence-corrected chi connectivity index (χ0v) is 10.7. The van der Waals surface area contributed by atoms with Crippen LogP contribution in [0, 0.1) is 0 Å². The number of hydrogen-bond acceptors (Lipinski definition) is 4. The number of rotatable bonds is 8. The van der Waals surface area contributed by atoms with E-state index >= 15 is 0 Å². The molecule has 0 aliphatic carbocycles. The summed E-state index contributed by atoms with van der Waals surface area (Å²) >= 11 is 0. The van der Waals surface area contributed by atoms with Crippen LogP contribution in [-0.4, -0.2) is 37.9 Å². The van der Waals surface area contributed by atoms with Crippen LogP contribution in [0.5, 0.6) is 0 Å². The molecular weight excluding hydrogens is 206 g/mol. The fourth-order valence-electron chi connectivity index (χ4n) is 1.28. The number of hydrogen-bond donors (Lipinski definition) is 1. The summed E-state index contributed by atoms with van der Waals surface area (Å²) in [6, 6.07) is -0.354. The van der Waals surface area contributed by atoms with E-state index in [1.54, 1.807) is 20.1 Å². The van der Waals surface area contributed by atoms with Gasteiger partial charge in [-0.2, -0.15) is 0 Å². The van der Waals surface area contributed by atoms with Gasteiger partial charge < -0.3 is 14.8 Å². The Morgan fingerprint density at radius 3 is 2.62 bits per heavy atom. The van der Waals surface area contributed by atoms with Crippen LogP contribution >= 0.6 is 0 Å². The van der Waals surface area contributed by atoms with Crippen molar-refractivity contribution in [3.8, 4) is 0 Å². The topological polar surface area (TPSA) is 47.6 Å². The Kier molecular flexibility index (Phi) is 7.01. The smallest absolute Gasteiger partial charge is 0.323 e. The molecule has 94 valence electrons. The Morgan fingerprint density at radius 2 is 2.19 bits per heavy atom. The first-order valence-corrected chi connectivity index (χ1v) is 5.53. The maximum Gasteiger partial charge on any atom is 0.323 e. The molecule has 1 atom stereocenters. The lowest BCUT2D eigenvalue weighted by molar-refractivity contribution is -0.147. The van der Waals surface area contributed by atoms with E-state index in [0.717, 1.165) is 0 Å². The van der Waals surface area contributed by atoms with Crippen molar-refractivity contribution in [2.24, 2.45) is 0 Å². The zero-order valence-electron chi connectivity index (χ0n) is 10.7. The number of nitrogens with one attached hydrogen (secondary N) is 1. The maximum absolute atomic E-state index is 11.7. The summed E-state index contributed by atoms with van der Waals surface area (Å²) in [5.41, 5.74) is -0.356. The second kappa shape index (κ2) is 7.41. The van der Waals surface area contributed by atoms with Crippen molar-refractivity contribution in [1.29, 1.82) is 0 Å². The standard InChI is InChI=1S/C12H23NO3/c1-6-8-13-10(11(14)16-7-2)9-12(3,4)15-5/h6,10,13H,1,7-9H2,2-5H3. The minimum atomic E-state index is -0.356. The average Bonchev–Trinajstić information content (AvgIpc) is 2.24. The van der Waals surface area contributed by atoms with Gasteiger partial charge in [0, 0.05) is 20.1 Å². The van der Waals surface area contributed by atoms with Gasteiger partial charge in [0.25, 0.3) is 0 Å². The highest BCUT2D eigenvalue weighted by Gasteiger charge is 2.28. The number of carbonyl (C=O) groups excluding carboxylic acids is 1. The molecule has 0 bridgehead atoms. The predicted octanol–water partition coefficient (Wildman–Crippen LogP) is 1.51. The Labute approximate surface area is 98.0 Å². The van der Waals surface area contributed by atoms with Gasteiger partial charge in [0.05, 0.1) is 12.2 Å². The first-order chi connectivity index (χ1) is 7.46. The summed E-state index contributed by atoms with van der Waals surface area (Å²) in [7, 11) is 1.63. The van der Waals surface area contributed by atoms with Crippen molar-refractivity contribution in [2.45, 2.75) is 38.8 Å². The van der Waals surface area contributed by atoms with Crippen molar-refractivity contribution in [3.63, 3.8) is 0 Å². The van der Waals surface area contributed by atoms with Crippen molar-refractivity contribution >= 4 is 5.97 Å². The minimum absolute atomic E-state index is 0.241. The van der Waals surface area contributed by atoms with Crippen LogP contribution in [0.1, 0.15) is 27.2 Å². The van der Waals surface area contributed by atoms with E-state index in [9.17, 15) is 4.79 Å². The molecule has 0 aromatic heterocycles. The molecular formula is C12H23NO3. The summed E-state index contributed by atoms with van der Waals surface area (Å²) in [5.74, 6) is -0.241. The van der Waals surface area contributed by atoms with Gasteiger partial charge in [0.2, 0.25) is 0 Å². The molecule has 0 aliphatic rings. The molecule has 0 saturated carbocycles. The lowest BCUT2D eigenvalue weighted by Gasteiger charge is -2.27. The molecule has 0 saturated heterocycles. The monoisotopic (exact) mass is 229 g/mol. The van der Waals surface area contributed by atoms with Gasteiger partial charge in [-0.1, -0.05) is 6.08 Å². The molecule has 0 amide bonds. The lowest BCUT2D eigenvalue weighted by atomic mass is 9.99. The first kappa shape index (κ1) is 15.1. The van der Waals surface area contributed by atoms with Gasteiger partial charge in [-0.15, -0.1) is 6.58 Å². The SMILES string of the molecule is C=CCNC(CC(C)(C)OC)C(=O)OCC. The van der Waals surface area contributed by atoms with Crippen LogP contribution in [0.2, 0.25) is 0 Å².